The molecule has 1 spiro atoms. The Morgan fingerprint density at radius 2 is 1.80 bits per heavy atom. The maximum absolute atomic E-state index is 14.8. The average molecular weight is 632 g/mol. The first-order chi connectivity index (χ1) is 21.3. The molecule has 0 radical (unpaired) electrons. The number of rotatable bonds is 10. The maximum atomic E-state index is 14.8. The molecule has 0 bridgehead atoms. The van der Waals surface area contributed by atoms with Gasteiger partial charge in [0.1, 0.15) is 0 Å². The summed E-state index contributed by atoms with van der Waals surface area (Å²) in [6, 6.07) is 13.3. The van der Waals surface area contributed by atoms with Crippen LogP contribution in [0.1, 0.15) is 64.9 Å². The van der Waals surface area contributed by atoms with Crippen molar-refractivity contribution in [1.29, 1.82) is 0 Å². The van der Waals surface area contributed by atoms with Gasteiger partial charge < -0.3 is 16.4 Å². The van der Waals surface area contributed by atoms with E-state index in [0.717, 1.165) is 55.1 Å². The van der Waals surface area contributed by atoms with Crippen molar-refractivity contribution in [2.24, 2.45) is 17.4 Å². The van der Waals surface area contributed by atoms with E-state index < -0.39 is 23.0 Å². The smallest absolute Gasteiger partial charge is 0.246 e. The van der Waals surface area contributed by atoms with Crippen molar-refractivity contribution in [3.05, 3.63) is 71.7 Å². The summed E-state index contributed by atoms with van der Waals surface area (Å²) in [6.45, 7) is 7.78. The van der Waals surface area contributed by atoms with E-state index in [1.807, 2.05) is 55.3 Å². The Balaban J connectivity index is 1.47. The van der Waals surface area contributed by atoms with Crippen LogP contribution in [0.3, 0.4) is 0 Å². The SMILES string of the molecule is CN(C(=O)/C=C/CC(C)(C)N)[C@H](Cc1ccc2ccccc2c1)C(=O)C(C)(N)[C@@H]1CC2(CC=CS2)CN(N2CCCCC2)C1=O. The minimum atomic E-state index is -1.50. The van der Waals surface area contributed by atoms with Crippen molar-refractivity contribution in [3.8, 4) is 0 Å². The van der Waals surface area contributed by atoms with Gasteiger partial charge in [-0.3, -0.25) is 19.4 Å². The van der Waals surface area contributed by atoms with E-state index in [0.29, 0.717) is 19.4 Å². The second-order valence-electron chi connectivity index (χ2n) is 14.1. The Morgan fingerprint density at radius 3 is 2.47 bits per heavy atom. The number of carbonyl (C=O) groups is 3. The van der Waals surface area contributed by atoms with Gasteiger partial charge in [-0.25, -0.2) is 5.01 Å². The number of ketones is 1. The third-order valence-electron chi connectivity index (χ3n) is 9.66. The first kappa shape index (κ1) is 33.4. The molecule has 5 rings (SSSR count). The van der Waals surface area contributed by atoms with Gasteiger partial charge in [0.15, 0.2) is 5.78 Å². The molecule has 8 nitrogen and oxygen atoms in total. The van der Waals surface area contributed by atoms with Crippen LogP contribution in [-0.4, -0.2) is 81.1 Å². The lowest BCUT2D eigenvalue weighted by atomic mass is 9.71. The number of hydrogen-bond acceptors (Lipinski definition) is 7. The van der Waals surface area contributed by atoms with E-state index in [1.54, 1.807) is 31.8 Å². The highest BCUT2D eigenvalue weighted by atomic mass is 32.2. The van der Waals surface area contributed by atoms with Crippen molar-refractivity contribution in [2.75, 3.05) is 26.7 Å². The predicted octanol–water partition coefficient (Wildman–Crippen LogP) is 4.82. The van der Waals surface area contributed by atoms with Crippen molar-refractivity contribution in [3.63, 3.8) is 0 Å². The largest absolute Gasteiger partial charge is 0.332 e. The molecule has 3 heterocycles. The summed E-state index contributed by atoms with van der Waals surface area (Å²) in [7, 11) is 1.65. The fourth-order valence-corrected chi connectivity index (χ4v) is 8.01. The number of Topliss-reactive ketones (excluding diaryl/α,β-unsaturated/α-hetero) is 1. The molecule has 9 heteroatoms. The fraction of sp³-hybridized carbons (Fsp3) is 0.528. The lowest BCUT2D eigenvalue weighted by molar-refractivity contribution is -0.167. The third kappa shape index (κ3) is 7.54. The van der Waals surface area contributed by atoms with E-state index in [4.69, 9.17) is 11.5 Å². The highest BCUT2D eigenvalue weighted by Crippen LogP contribution is 2.48. The van der Waals surface area contributed by atoms with Crippen LogP contribution in [0.25, 0.3) is 10.8 Å². The molecular formula is C36H49N5O3S. The molecule has 2 saturated heterocycles. The number of amides is 2. The number of likely N-dealkylation sites (N-methyl/N-ethyl adjacent to an activating group) is 1. The monoisotopic (exact) mass is 631 g/mol. The highest BCUT2D eigenvalue weighted by molar-refractivity contribution is 8.03. The molecular weight excluding hydrogens is 582 g/mol. The number of carbonyl (C=O) groups excluding carboxylic acids is 3. The summed E-state index contributed by atoms with van der Waals surface area (Å²) >= 11 is 1.75. The average Bonchev–Trinajstić information content (AvgIpc) is 3.47. The summed E-state index contributed by atoms with van der Waals surface area (Å²) in [5.41, 5.74) is 12.2. The lowest BCUT2D eigenvalue weighted by Crippen LogP contribution is -2.68. The molecule has 3 aliphatic rings. The molecule has 45 heavy (non-hydrogen) atoms. The zero-order valence-electron chi connectivity index (χ0n) is 27.2. The topological polar surface area (TPSA) is 113 Å². The number of nitrogens with two attached hydrogens (primary N) is 2. The van der Waals surface area contributed by atoms with E-state index in [9.17, 15) is 14.4 Å². The summed E-state index contributed by atoms with van der Waals surface area (Å²) in [5, 5.41) is 8.34. The molecule has 2 unspecified atom stereocenters. The molecule has 2 aromatic carbocycles. The molecule has 0 aliphatic carbocycles. The Bertz CT molecular complexity index is 1460. The molecule has 242 valence electrons. The Morgan fingerprint density at radius 1 is 1.09 bits per heavy atom. The zero-order valence-corrected chi connectivity index (χ0v) is 28.0. The number of hydrazine groups is 1. The number of nitrogens with zero attached hydrogens (tertiary/aromatic N) is 3. The van der Waals surface area contributed by atoms with Crippen LogP contribution in [0.4, 0.5) is 0 Å². The number of allylic oxidation sites excluding steroid dienone is 1. The van der Waals surface area contributed by atoms with Crippen LogP contribution in [0.2, 0.25) is 0 Å². The second-order valence-corrected chi connectivity index (χ2v) is 15.5. The van der Waals surface area contributed by atoms with Gasteiger partial charge in [-0.15, -0.1) is 11.8 Å². The third-order valence-corrected chi connectivity index (χ3v) is 11.0. The minimum absolute atomic E-state index is 0.0862. The van der Waals surface area contributed by atoms with Gasteiger partial charge in [-0.05, 0) is 80.7 Å². The summed E-state index contributed by atoms with van der Waals surface area (Å²) in [6.07, 6.45) is 10.8. The number of benzene rings is 2. The van der Waals surface area contributed by atoms with Crippen molar-refractivity contribution >= 4 is 40.1 Å². The Hall–Kier alpha value is -2.98. The molecule has 4 N–H and O–H groups in total. The number of hydrogen-bond donors (Lipinski definition) is 2. The number of thioether (sulfide) groups is 1. The van der Waals surface area contributed by atoms with Crippen LogP contribution in [0.5, 0.6) is 0 Å². The first-order valence-electron chi connectivity index (χ1n) is 16.2. The molecule has 2 amide bonds. The molecule has 2 aromatic rings. The molecule has 3 aliphatic heterocycles. The van der Waals surface area contributed by atoms with E-state index in [1.165, 1.54) is 11.0 Å². The standard InChI is InChI=1S/C36H49N5O3S/c1-34(2,37)17-10-14-31(42)39(4)30(23-26-15-16-27-12-6-7-13-28(27)22-26)32(43)35(3,38)29-24-36(18-11-21-45-36)25-41(33(29)44)40-19-8-5-9-20-40/h6-7,10-16,21-22,29-30H,5,8-9,17-20,23-25,37-38H2,1-4H3/b14-10+/t29-,30-,35?,36?/m1/s1. The summed E-state index contributed by atoms with van der Waals surface area (Å²) in [4.78, 5) is 44.1. The van der Waals surface area contributed by atoms with Crippen molar-refractivity contribution in [2.45, 2.75) is 87.6 Å². The second kappa shape index (κ2) is 13.4. The fourth-order valence-electron chi connectivity index (χ4n) is 6.88. The summed E-state index contributed by atoms with van der Waals surface area (Å²) in [5.74, 6) is -1.41. The Labute approximate surface area is 272 Å². The molecule has 0 saturated carbocycles. The van der Waals surface area contributed by atoms with Gasteiger partial charge in [-0.1, -0.05) is 61.0 Å². The predicted molar refractivity (Wildman–Crippen MR) is 183 cm³/mol. The highest BCUT2D eigenvalue weighted by Gasteiger charge is 2.55. The molecule has 0 aromatic heterocycles. The van der Waals surface area contributed by atoms with Gasteiger partial charge in [0.2, 0.25) is 11.8 Å². The van der Waals surface area contributed by atoms with Crippen LogP contribution in [-0.2, 0) is 20.8 Å². The quantitative estimate of drug-likeness (QED) is 0.362. The summed E-state index contributed by atoms with van der Waals surface area (Å²) < 4.78 is -0.218. The number of fused-ring (bicyclic) bond motifs is 1. The molecule has 4 atom stereocenters. The maximum Gasteiger partial charge on any atom is 0.246 e. The van der Waals surface area contributed by atoms with E-state index in [2.05, 4.69) is 22.6 Å². The first-order valence-corrected chi connectivity index (χ1v) is 17.1. The Kier molecular flexibility index (Phi) is 9.94. The van der Waals surface area contributed by atoms with Crippen LogP contribution in [0, 0.1) is 5.92 Å². The van der Waals surface area contributed by atoms with Gasteiger partial charge in [0.05, 0.1) is 24.0 Å². The van der Waals surface area contributed by atoms with Crippen molar-refractivity contribution < 1.29 is 14.4 Å². The van der Waals surface area contributed by atoms with Gasteiger partial charge in [0.25, 0.3) is 0 Å². The van der Waals surface area contributed by atoms with Crippen LogP contribution in [0.15, 0.2) is 66.1 Å². The normalized spacial score (nSPS) is 24.8. The van der Waals surface area contributed by atoms with Crippen LogP contribution < -0.4 is 11.5 Å². The van der Waals surface area contributed by atoms with Gasteiger partial charge in [-0.2, -0.15) is 0 Å². The van der Waals surface area contributed by atoms with Crippen LogP contribution >= 0.6 is 11.8 Å². The van der Waals surface area contributed by atoms with Gasteiger partial charge >= 0.3 is 0 Å². The minimum Gasteiger partial charge on any atom is -0.332 e. The zero-order chi connectivity index (χ0) is 32.4. The van der Waals surface area contributed by atoms with Crippen molar-refractivity contribution in [1.82, 2.24) is 14.9 Å². The lowest BCUT2D eigenvalue weighted by Gasteiger charge is -2.51. The van der Waals surface area contributed by atoms with E-state index >= 15 is 0 Å². The van der Waals surface area contributed by atoms with E-state index in [-0.39, 0.29) is 28.8 Å². The van der Waals surface area contributed by atoms with Gasteiger partial charge in [0, 0.05) is 36.8 Å². The molecule has 2 fully saturated rings. The number of piperidine rings is 2.